The lowest BCUT2D eigenvalue weighted by Crippen LogP contribution is -2.34. The third kappa shape index (κ3) is 4.23. The number of ether oxygens (including phenoxy) is 4. The van der Waals surface area contributed by atoms with Gasteiger partial charge >= 0.3 is 0 Å². The van der Waals surface area contributed by atoms with Crippen molar-refractivity contribution in [2.75, 3.05) is 26.4 Å². The molecule has 194 valence electrons. The van der Waals surface area contributed by atoms with Gasteiger partial charge in [0, 0.05) is 0 Å². The van der Waals surface area contributed by atoms with Gasteiger partial charge in [0.05, 0.1) is 42.7 Å². The number of imidazole rings is 1. The van der Waals surface area contributed by atoms with E-state index in [2.05, 4.69) is 16.0 Å². The summed E-state index contributed by atoms with van der Waals surface area (Å²) in [6.45, 7) is 1.79. The van der Waals surface area contributed by atoms with Crippen molar-refractivity contribution in [2.24, 2.45) is 0 Å². The molecule has 4 aliphatic rings. The highest BCUT2D eigenvalue weighted by Crippen LogP contribution is 2.40. The van der Waals surface area contributed by atoms with Crippen molar-refractivity contribution in [3.05, 3.63) is 57.5 Å². The molecule has 1 aliphatic carbocycles. The molecule has 3 aliphatic heterocycles. The minimum atomic E-state index is -0.645. The van der Waals surface area contributed by atoms with Gasteiger partial charge in [-0.15, -0.1) is 0 Å². The number of hydrogen-bond acceptors (Lipinski definition) is 7. The second-order valence-corrected chi connectivity index (χ2v) is 10.6. The molecule has 3 aromatic rings. The first kappa shape index (κ1) is 23.5. The van der Waals surface area contributed by atoms with Gasteiger partial charge in [-0.2, -0.15) is 4.98 Å². The summed E-state index contributed by atoms with van der Waals surface area (Å²) in [7, 11) is 0. The zero-order valence-electron chi connectivity index (χ0n) is 20.1. The SMILES string of the molecule is O[C@@H]1CO[C@H]2[C@@H]1OC[C@H]2Oc1nc2nc(CC3CCc4cc(C5=CCOCC5)cc(F)c43)c(Cl)cc2[nH]1. The number of benzene rings is 1. The number of aryl methyl sites for hydroxylation is 1. The van der Waals surface area contributed by atoms with E-state index in [4.69, 9.17) is 35.5 Å². The highest BCUT2D eigenvalue weighted by atomic mass is 35.5. The Labute approximate surface area is 217 Å². The van der Waals surface area contributed by atoms with Crippen LogP contribution in [0.3, 0.4) is 0 Å². The molecule has 2 fully saturated rings. The lowest BCUT2D eigenvalue weighted by molar-refractivity contribution is 0.00706. The summed E-state index contributed by atoms with van der Waals surface area (Å²) in [5.74, 6) is -0.158. The number of rotatable bonds is 5. The van der Waals surface area contributed by atoms with Crippen molar-refractivity contribution in [1.29, 1.82) is 0 Å². The maximum atomic E-state index is 15.3. The molecule has 0 radical (unpaired) electrons. The normalized spacial score (nSPS) is 28.9. The smallest absolute Gasteiger partial charge is 0.296 e. The van der Waals surface area contributed by atoms with E-state index in [1.54, 1.807) is 12.1 Å². The van der Waals surface area contributed by atoms with E-state index in [-0.39, 0.29) is 36.7 Å². The summed E-state index contributed by atoms with van der Waals surface area (Å²) in [5.41, 5.74) is 5.77. The highest BCUT2D eigenvalue weighted by Gasteiger charge is 2.48. The molecule has 1 unspecified atom stereocenters. The van der Waals surface area contributed by atoms with E-state index < -0.39 is 6.10 Å². The molecule has 0 bridgehead atoms. The summed E-state index contributed by atoms with van der Waals surface area (Å²) in [4.78, 5) is 12.3. The number of aromatic nitrogens is 3. The lowest BCUT2D eigenvalue weighted by atomic mass is 9.92. The minimum Gasteiger partial charge on any atom is -0.456 e. The zero-order valence-corrected chi connectivity index (χ0v) is 20.8. The number of aliphatic hydroxyl groups excluding tert-OH is 1. The predicted molar refractivity (Wildman–Crippen MR) is 133 cm³/mol. The minimum absolute atomic E-state index is 0.00310. The second kappa shape index (κ2) is 9.32. The van der Waals surface area contributed by atoms with Crippen LogP contribution in [-0.4, -0.2) is 70.9 Å². The lowest BCUT2D eigenvalue weighted by Gasteiger charge is -2.17. The first-order valence-corrected chi connectivity index (χ1v) is 13.1. The fraction of sp³-hybridized carbons (Fsp3) is 0.481. The average Bonchev–Trinajstić information content (AvgIpc) is 3.66. The molecule has 1 aromatic carbocycles. The zero-order chi connectivity index (χ0) is 25.1. The van der Waals surface area contributed by atoms with Gasteiger partial charge in [-0.3, -0.25) is 0 Å². The fourth-order valence-electron chi connectivity index (χ4n) is 6.04. The molecule has 5 atom stereocenters. The van der Waals surface area contributed by atoms with Gasteiger partial charge in [-0.25, -0.2) is 9.37 Å². The Hall–Kier alpha value is -2.56. The molecule has 37 heavy (non-hydrogen) atoms. The van der Waals surface area contributed by atoms with E-state index in [0.717, 1.165) is 41.5 Å². The second-order valence-electron chi connectivity index (χ2n) is 10.2. The van der Waals surface area contributed by atoms with E-state index >= 15 is 4.39 Å². The van der Waals surface area contributed by atoms with Gasteiger partial charge in [0.15, 0.2) is 11.8 Å². The van der Waals surface area contributed by atoms with E-state index in [0.29, 0.717) is 54.1 Å². The summed E-state index contributed by atoms with van der Waals surface area (Å²) in [6, 6.07) is 5.88. The van der Waals surface area contributed by atoms with E-state index in [9.17, 15) is 5.11 Å². The van der Waals surface area contributed by atoms with Crippen molar-refractivity contribution in [1.82, 2.24) is 15.0 Å². The molecule has 0 amide bonds. The van der Waals surface area contributed by atoms with Crippen LogP contribution in [0.4, 0.5) is 4.39 Å². The Balaban J connectivity index is 1.11. The summed E-state index contributed by atoms with van der Waals surface area (Å²) in [6.07, 6.45) is 3.31. The molecule has 0 spiro atoms. The Bertz CT molecular complexity index is 1390. The third-order valence-electron chi connectivity index (χ3n) is 7.88. The van der Waals surface area contributed by atoms with Crippen molar-refractivity contribution >= 4 is 28.3 Å². The number of aromatic amines is 1. The maximum Gasteiger partial charge on any atom is 0.296 e. The van der Waals surface area contributed by atoms with Crippen molar-refractivity contribution in [3.63, 3.8) is 0 Å². The fourth-order valence-corrected chi connectivity index (χ4v) is 6.27. The standard InChI is InChI=1S/C27H27ClFN3O5/c28-17-10-20-26(32-27(31-20)37-22-12-36-24-21(33)11-35-25(22)24)30-19(17)9-15-2-1-14-7-16(8-18(29)23(14)15)13-3-5-34-6-4-13/h3,7-8,10,15,21-22,24-25,33H,1-2,4-6,9,11-12H2,(H,30,31,32)/t15?,21-,22-,24-,25-/m1/s1. The molecule has 10 heteroatoms. The average molecular weight is 528 g/mol. The number of nitrogens with one attached hydrogen (secondary N) is 1. The Morgan fingerprint density at radius 3 is 2.89 bits per heavy atom. The van der Waals surface area contributed by atoms with Crippen molar-refractivity contribution < 1.29 is 28.4 Å². The summed E-state index contributed by atoms with van der Waals surface area (Å²) in [5, 5.41) is 10.4. The molecule has 2 aromatic heterocycles. The van der Waals surface area contributed by atoms with Crippen molar-refractivity contribution in [2.45, 2.75) is 56.0 Å². The van der Waals surface area contributed by atoms with Gasteiger partial charge in [0.2, 0.25) is 0 Å². The Kier molecular flexibility index (Phi) is 5.93. The number of hydrogen-bond donors (Lipinski definition) is 2. The van der Waals surface area contributed by atoms with Crippen LogP contribution in [0.5, 0.6) is 6.01 Å². The predicted octanol–water partition coefficient (Wildman–Crippen LogP) is 3.73. The Morgan fingerprint density at radius 1 is 1.14 bits per heavy atom. The topological polar surface area (TPSA) is 98.7 Å². The summed E-state index contributed by atoms with van der Waals surface area (Å²) >= 11 is 6.61. The number of nitrogens with zero attached hydrogens (tertiary/aromatic N) is 2. The molecule has 7 rings (SSSR count). The molecular weight excluding hydrogens is 501 g/mol. The molecule has 2 saturated heterocycles. The van der Waals surface area contributed by atoms with Crippen LogP contribution in [0.25, 0.3) is 16.7 Å². The van der Waals surface area contributed by atoms with Crippen LogP contribution >= 0.6 is 11.6 Å². The number of aliphatic hydroxyl groups is 1. The van der Waals surface area contributed by atoms with Gasteiger partial charge in [-0.05, 0) is 66.0 Å². The van der Waals surface area contributed by atoms with Crippen molar-refractivity contribution in [3.8, 4) is 6.01 Å². The van der Waals surface area contributed by atoms with Crippen LogP contribution in [0.15, 0.2) is 24.3 Å². The Morgan fingerprint density at radius 2 is 2.03 bits per heavy atom. The monoisotopic (exact) mass is 527 g/mol. The first-order valence-electron chi connectivity index (χ1n) is 12.8. The van der Waals surface area contributed by atoms with Crippen LogP contribution in [0, 0.1) is 5.82 Å². The van der Waals surface area contributed by atoms with Crippen LogP contribution in [-0.2, 0) is 27.1 Å². The number of fused-ring (bicyclic) bond motifs is 3. The van der Waals surface area contributed by atoms with Crippen LogP contribution in [0.2, 0.25) is 5.02 Å². The summed E-state index contributed by atoms with van der Waals surface area (Å²) < 4.78 is 38.0. The van der Waals surface area contributed by atoms with Gasteiger partial charge in [0.1, 0.15) is 24.1 Å². The van der Waals surface area contributed by atoms with E-state index in [1.807, 2.05) is 6.08 Å². The number of halogens is 2. The maximum absolute atomic E-state index is 15.3. The van der Waals surface area contributed by atoms with Gasteiger partial charge < -0.3 is 29.0 Å². The molecule has 5 heterocycles. The number of pyridine rings is 1. The van der Waals surface area contributed by atoms with Gasteiger partial charge in [0.25, 0.3) is 6.01 Å². The molecular formula is C27H27ClFN3O5. The van der Waals surface area contributed by atoms with Gasteiger partial charge in [-0.1, -0.05) is 23.7 Å². The molecule has 2 N–H and O–H groups in total. The molecule has 0 saturated carbocycles. The van der Waals surface area contributed by atoms with E-state index in [1.165, 1.54) is 0 Å². The number of H-pyrrole nitrogens is 1. The quantitative estimate of drug-likeness (QED) is 0.521. The largest absolute Gasteiger partial charge is 0.456 e. The molecule has 8 nitrogen and oxygen atoms in total. The van der Waals surface area contributed by atoms with Crippen LogP contribution < -0.4 is 4.74 Å². The van der Waals surface area contributed by atoms with Crippen LogP contribution in [0.1, 0.15) is 41.1 Å². The highest BCUT2D eigenvalue weighted by molar-refractivity contribution is 6.31. The third-order valence-corrected chi connectivity index (χ3v) is 8.21. The first-order chi connectivity index (χ1) is 18.0.